The number of aryl methyl sites for hydroxylation is 1. The molecule has 3 heteroatoms. The third-order valence-corrected chi connectivity index (χ3v) is 4.39. The fourth-order valence-corrected chi connectivity index (χ4v) is 2.66. The zero-order chi connectivity index (χ0) is 12.5. The zero-order valence-corrected chi connectivity index (χ0v) is 11.2. The highest BCUT2D eigenvalue weighted by atomic mass is 15.2. The molecule has 0 aliphatic carbocycles. The molecule has 0 spiro atoms. The average Bonchev–Trinajstić information content (AvgIpc) is 2.78. The maximum Gasteiger partial charge on any atom is 0.130 e. The Morgan fingerprint density at radius 1 is 1.41 bits per heavy atom. The van der Waals surface area contributed by atoms with Crippen LogP contribution >= 0.6 is 0 Å². The molecule has 0 radical (unpaired) electrons. The summed E-state index contributed by atoms with van der Waals surface area (Å²) in [5.74, 6) is 1.04. The van der Waals surface area contributed by atoms with Gasteiger partial charge in [-0.2, -0.15) is 0 Å². The lowest BCUT2D eigenvalue weighted by molar-refractivity contribution is 0.301. The maximum atomic E-state index is 5.95. The largest absolute Gasteiger partial charge is 0.398 e. The molecule has 1 aliphatic rings. The maximum absolute atomic E-state index is 5.95. The Balaban J connectivity index is 2.17. The molecule has 0 atom stereocenters. The first kappa shape index (κ1) is 12.2. The summed E-state index contributed by atoms with van der Waals surface area (Å²) in [6.07, 6.45) is 5.65. The fourth-order valence-electron chi connectivity index (χ4n) is 2.66. The third-order valence-electron chi connectivity index (χ3n) is 4.39. The quantitative estimate of drug-likeness (QED) is 0.872. The summed E-state index contributed by atoms with van der Waals surface area (Å²) >= 11 is 0. The Labute approximate surface area is 104 Å². The van der Waals surface area contributed by atoms with Crippen molar-refractivity contribution < 1.29 is 0 Å². The van der Waals surface area contributed by atoms with Gasteiger partial charge in [0.05, 0.1) is 0 Å². The van der Waals surface area contributed by atoms with E-state index >= 15 is 0 Å². The van der Waals surface area contributed by atoms with Gasteiger partial charge in [0.1, 0.15) is 5.82 Å². The van der Waals surface area contributed by atoms with E-state index in [1.165, 1.54) is 19.3 Å². The Morgan fingerprint density at radius 3 is 2.65 bits per heavy atom. The molecule has 2 heterocycles. The number of pyridine rings is 1. The van der Waals surface area contributed by atoms with Crippen LogP contribution in [0.15, 0.2) is 12.3 Å². The van der Waals surface area contributed by atoms with Crippen LogP contribution in [-0.4, -0.2) is 18.1 Å². The minimum absolute atomic E-state index is 0.487. The molecule has 1 saturated heterocycles. The van der Waals surface area contributed by atoms with Gasteiger partial charge < -0.3 is 10.6 Å². The predicted octanol–water partition coefficient (Wildman–Crippen LogP) is 2.99. The van der Waals surface area contributed by atoms with Crippen LogP contribution in [0.5, 0.6) is 0 Å². The third kappa shape index (κ3) is 2.24. The number of nitrogen functional groups attached to an aromatic ring is 1. The molecule has 2 rings (SSSR count). The summed E-state index contributed by atoms with van der Waals surface area (Å²) in [6.45, 7) is 8.82. The molecular weight excluding hydrogens is 210 g/mol. The second kappa shape index (κ2) is 4.55. The standard InChI is InChI=1S/C14H23N3/c1-4-14(5-2)6-7-17(10-14)13-8-12(15)11(3)9-16-13/h8-9H,4-7,10H2,1-3H3,(H2,15,16). The first-order chi connectivity index (χ1) is 8.10. The Morgan fingerprint density at radius 2 is 2.12 bits per heavy atom. The second-order valence-corrected chi connectivity index (χ2v) is 5.28. The van der Waals surface area contributed by atoms with E-state index in [2.05, 4.69) is 23.7 Å². The number of aromatic nitrogens is 1. The van der Waals surface area contributed by atoms with Crippen LogP contribution in [-0.2, 0) is 0 Å². The molecule has 1 aromatic rings. The zero-order valence-electron chi connectivity index (χ0n) is 11.2. The van der Waals surface area contributed by atoms with Crippen molar-refractivity contribution in [3.05, 3.63) is 17.8 Å². The van der Waals surface area contributed by atoms with Gasteiger partial charge in [-0.05, 0) is 37.2 Å². The van der Waals surface area contributed by atoms with Crippen LogP contribution in [0.3, 0.4) is 0 Å². The van der Waals surface area contributed by atoms with Crippen molar-refractivity contribution in [1.29, 1.82) is 0 Å². The van der Waals surface area contributed by atoms with Gasteiger partial charge in [-0.3, -0.25) is 0 Å². The molecule has 0 aromatic carbocycles. The monoisotopic (exact) mass is 233 g/mol. The number of hydrogen-bond donors (Lipinski definition) is 1. The highest BCUT2D eigenvalue weighted by molar-refractivity contribution is 5.55. The van der Waals surface area contributed by atoms with E-state index in [-0.39, 0.29) is 0 Å². The van der Waals surface area contributed by atoms with Gasteiger partial charge in [0.2, 0.25) is 0 Å². The van der Waals surface area contributed by atoms with Crippen LogP contribution < -0.4 is 10.6 Å². The molecule has 0 bridgehead atoms. The first-order valence-corrected chi connectivity index (χ1v) is 6.57. The molecule has 1 aliphatic heterocycles. The van der Waals surface area contributed by atoms with E-state index in [1.807, 2.05) is 19.2 Å². The summed E-state index contributed by atoms with van der Waals surface area (Å²) < 4.78 is 0. The van der Waals surface area contributed by atoms with Crippen molar-refractivity contribution in [3.63, 3.8) is 0 Å². The van der Waals surface area contributed by atoms with Crippen molar-refractivity contribution in [3.8, 4) is 0 Å². The molecule has 94 valence electrons. The second-order valence-electron chi connectivity index (χ2n) is 5.28. The molecule has 17 heavy (non-hydrogen) atoms. The number of hydrogen-bond acceptors (Lipinski definition) is 3. The summed E-state index contributed by atoms with van der Waals surface area (Å²) in [5.41, 5.74) is 8.35. The first-order valence-electron chi connectivity index (χ1n) is 6.57. The van der Waals surface area contributed by atoms with Crippen LogP contribution in [0.25, 0.3) is 0 Å². The van der Waals surface area contributed by atoms with Crippen LogP contribution in [0, 0.1) is 12.3 Å². The molecule has 0 amide bonds. The molecule has 1 aromatic heterocycles. The van der Waals surface area contributed by atoms with E-state index in [0.717, 1.165) is 30.2 Å². The highest BCUT2D eigenvalue weighted by Gasteiger charge is 2.35. The van der Waals surface area contributed by atoms with Gasteiger partial charge in [0, 0.05) is 31.0 Å². The van der Waals surface area contributed by atoms with Crippen LogP contribution in [0.2, 0.25) is 0 Å². The molecule has 2 N–H and O–H groups in total. The summed E-state index contributed by atoms with van der Waals surface area (Å²) in [5, 5.41) is 0. The van der Waals surface area contributed by atoms with Crippen molar-refractivity contribution in [1.82, 2.24) is 4.98 Å². The number of nitrogens with two attached hydrogens (primary N) is 1. The van der Waals surface area contributed by atoms with Crippen molar-refractivity contribution in [2.45, 2.75) is 40.0 Å². The topological polar surface area (TPSA) is 42.1 Å². The minimum atomic E-state index is 0.487. The van der Waals surface area contributed by atoms with E-state index in [4.69, 9.17) is 5.73 Å². The van der Waals surface area contributed by atoms with E-state index in [0.29, 0.717) is 5.41 Å². The summed E-state index contributed by atoms with van der Waals surface area (Å²) in [6, 6.07) is 2.01. The van der Waals surface area contributed by atoms with Crippen molar-refractivity contribution >= 4 is 11.5 Å². The minimum Gasteiger partial charge on any atom is -0.398 e. The highest BCUT2D eigenvalue weighted by Crippen LogP contribution is 2.38. The number of anilines is 2. The SMILES string of the molecule is CCC1(CC)CCN(c2cc(N)c(C)cn2)C1. The fraction of sp³-hybridized carbons (Fsp3) is 0.643. The molecule has 0 unspecified atom stereocenters. The molecule has 1 fully saturated rings. The van der Waals surface area contributed by atoms with Gasteiger partial charge in [-0.15, -0.1) is 0 Å². The molecule has 3 nitrogen and oxygen atoms in total. The number of nitrogens with zero attached hydrogens (tertiary/aromatic N) is 2. The summed E-state index contributed by atoms with van der Waals surface area (Å²) in [7, 11) is 0. The number of rotatable bonds is 3. The van der Waals surface area contributed by atoms with E-state index in [1.54, 1.807) is 0 Å². The molecular formula is C14H23N3. The van der Waals surface area contributed by atoms with Gasteiger partial charge in [-0.25, -0.2) is 4.98 Å². The van der Waals surface area contributed by atoms with E-state index in [9.17, 15) is 0 Å². The van der Waals surface area contributed by atoms with Gasteiger partial charge in [-0.1, -0.05) is 13.8 Å². The summed E-state index contributed by atoms with van der Waals surface area (Å²) in [4.78, 5) is 6.88. The van der Waals surface area contributed by atoms with Gasteiger partial charge >= 0.3 is 0 Å². The smallest absolute Gasteiger partial charge is 0.130 e. The predicted molar refractivity (Wildman–Crippen MR) is 73.2 cm³/mol. The molecule has 0 saturated carbocycles. The van der Waals surface area contributed by atoms with Gasteiger partial charge in [0.25, 0.3) is 0 Å². The average molecular weight is 233 g/mol. The van der Waals surface area contributed by atoms with Gasteiger partial charge in [0.15, 0.2) is 0 Å². The lowest BCUT2D eigenvalue weighted by Crippen LogP contribution is -2.26. The van der Waals surface area contributed by atoms with E-state index < -0.39 is 0 Å². The Hall–Kier alpha value is -1.25. The lowest BCUT2D eigenvalue weighted by atomic mass is 9.82. The van der Waals surface area contributed by atoms with Crippen LogP contribution in [0.4, 0.5) is 11.5 Å². The Kier molecular flexibility index (Phi) is 3.27. The lowest BCUT2D eigenvalue weighted by Gasteiger charge is -2.26. The normalized spacial score (nSPS) is 18.6. The van der Waals surface area contributed by atoms with Crippen LogP contribution in [0.1, 0.15) is 38.7 Å². The van der Waals surface area contributed by atoms with Crippen molar-refractivity contribution in [2.75, 3.05) is 23.7 Å². The van der Waals surface area contributed by atoms with Crippen molar-refractivity contribution in [2.24, 2.45) is 5.41 Å². The Bertz CT molecular complexity index is 396.